The van der Waals surface area contributed by atoms with Crippen molar-refractivity contribution < 1.29 is 0 Å². The number of nitrogens with zero attached hydrogens (tertiary/aromatic N) is 2. The van der Waals surface area contributed by atoms with Crippen LogP contribution in [0.25, 0.3) is 10.2 Å². The van der Waals surface area contributed by atoms with Crippen molar-refractivity contribution in [1.82, 2.24) is 4.98 Å². The molecule has 2 rings (SSSR count). The maximum Gasteiger partial charge on any atom is 0.151 e. The monoisotopic (exact) mass is 254 g/mol. The number of thioether (sulfide) groups is 1. The Morgan fingerprint density at radius 1 is 1.53 bits per heavy atom. The quantitative estimate of drug-likeness (QED) is 0.518. The average Bonchev–Trinajstić information content (AvgIpc) is 2.68. The van der Waals surface area contributed by atoms with E-state index in [9.17, 15) is 0 Å². The van der Waals surface area contributed by atoms with Crippen LogP contribution in [0.3, 0.4) is 0 Å². The third-order valence-corrected chi connectivity index (χ3v) is 6.01. The number of thiazole rings is 1. The zero-order chi connectivity index (χ0) is 10.7. The minimum atomic E-state index is -0.496. The minimum absolute atomic E-state index is 0.496. The Labute approximate surface area is 99.7 Å². The molecule has 5 heteroatoms. The van der Waals surface area contributed by atoms with Gasteiger partial charge in [0.2, 0.25) is 0 Å². The van der Waals surface area contributed by atoms with Crippen LogP contribution >= 0.6 is 34.0 Å². The number of aromatic nitrogens is 1. The highest BCUT2D eigenvalue weighted by Gasteiger charge is 2.04. The van der Waals surface area contributed by atoms with Crippen LogP contribution in [0.4, 0.5) is 0 Å². The van der Waals surface area contributed by atoms with Crippen molar-refractivity contribution in [2.75, 3.05) is 11.3 Å². The number of fused-ring (bicyclic) bond motifs is 1. The van der Waals surface area contributed by atoms with Crippen molar-refractivity contribution >= 4 is 44.2 Å². The second kappa shape index (κ2) is 4.88. The number of rotatable bonds is 3. The van der Waals surface area contributed by atoms with Crippen LogP contribution in [0.5, 0.6) is 0 Å². The van der Waals surface area contributed by atoms with Gasteiger partial charge < -0.3 is 0 Å². The molecule has 2 aromatic rings. The Bertz CT molecular complexity index is 468. The predicted molar refractivity (Wildman–Crippen MR) is 70.9 cm³/mol. The largest absolute Gasteiger partial charge is 0.230 e. The van der Waals surface area contributed by atoms with Crippen LogP contribution in [0.15, 0.2) is 28.6 Å². The van der Waals surface area contributed by atoms with E-state index >= 15 is 0 Å². The zero-order valence-corrected chi connectivity index (χ0v) is 10.7. The first kappa shape index (κ1) is 10.8. The van der Waals surface area contributed by atoms with Crippen LogP contribution in [-0.2, 0) is 0 Å². The zero-order valence-electron chi connectivity index (χ0n) is 8.17. The molecule has 0 N–H and O–H groups in total. The summed E-state index contributed by atoms with van der Waals surface area (Å²) < 4.78 is 2.29. The van der Waals surface area contributed by atoms with Gasteiger partial charge in [-0.25, -0.2) is 4.98 Å². The van der Waals surface area contributed by atoms with E-state index in [4.69, 9.17) is 5.26 Å². The van der Waals surface area contributed by atoms with Crippen molar-refractivity contribution in [3.63, 3.8) is 0 Å². The lowest BCUT2D eigenvalue weighted by Crippen LogP contribution is -1.77. The van der Waals surface area contributed by atoms with E-state index in [0.717, 1.165) is 14.9 Å². The second-order valence-electron chi connectivity index (χ2n) is 3.02. The van der Waals surface area contributed by atoms with Gasteiger partial charge in [0, 0.05) is 5.08 Å². The van der Waals surface area contributed by atoms with E-state index in [2.05, 4.69) is 16.5 Å². The van der Waals surface area contributed by atoms with E-state index in [1.54, 1.807) is 23.1 Å². The number of hydrogen-bond donors (Lipinski definition) is 1. The summed E-state index contributed by atoms with van der Waals surface area (Å²) in [7, 11) is -0.496. The second-order valence-corrected chi connectivity index (χ2v) is 7.61. The van der Waals surface area contributed by atoms with Gasteiger partial charge in [0.15, 0.2) is 4.34 Å². The molecular formula is C10H10N2S3. The third-order valence-electron chi connectivity index (χ3n) is 1.83. The van der Waals surface area contributed by atoms with Crippen LogP contribution in [0.2, 0.25) is 0 Å². The minimum Gasteiger partial charge on any atom is -0.230 e. The molecule has 1 atom stereocenters. The molecule has 1 unspecified atom stereocenters. The van der Waals surface area contributed by atoms with E-state index in [0.29, 0.717) is 0 Å². The number of thiocyanates is 1. The summed E-state index contributed by atoms with van der Waals surface area (Å²) in [5.41, 5.74) is 1.06. The highest BCUT2D eigenvalue weighted by Crippen LogP contribution is 2.34. The summed E-state index contributed by atoms with van der Waals surface area (Å²) >= 11 is 3.40. The molecule has 78 valence electrons. The van der Waals surface area contributed by atoms with E-state index < -0.39 is 10.9 Å². The van der Waals surface area contributed by atoms with Crippen molar-refractivity contribution in [1.29, 1.82) is 5.26 Å². The SMILES string of the molecule is C[SH](C#N)CSc1nc2ccccc2s1. The molecule has 15 heavy (non-hydrogen) atoms. The molecule has 0 amide bonds. The highest BCUT2D eigenvalue weighted by atomic mass is 32.3. The van der Waals surface area contributed by atoms with Gasteiger partial charge in [0.05, 0.1) is 10.2 Å². The third kappa shape index (κ3) is 2.65. The Morgan fingerprint density at radius 3 is 3.07 bits per heavy atom. The van der Waals surface area contributed by atoms with E-state index in [1.807, 2.05) is 24.5 Å². The standard InChI is InChI=1S/C10H10N2S3/c1-15(6-11)7-13-10-12-8-4-2-3-5-9(8)14-10/h2-5,15H,7H2,1H3. The van der Waals surface area contributed by atoms with Gasteiger partial charge in [-0.15, -0.1) is 11.3 Å². The number of benzene rings is 1. The van der Waals surface area contributed by atoms with Crippen molar-refractivity contribution in [3.8, 4) is 5.40 Å². The molecule has 1 aromatic carbocycles. The van der Waals surface area contributed by atoms with Gasteiger partial charge in [-0.2, -0.15) is 16.2 Å². The van der Waals surface area contributed by atoms with Crippen molar-refractivity contribution in [2.45, 2.75) is 4.34 Å². The highest BCUT2D eigenvalue weighted by molar-refractivity contribution is 8.29. The first-order chi connectivity index (χ1) is 7.29. The lowest BCUT2D eigenvalue weighted by atomic mass is 10.3. The molecule has 0 fully saturated rings. The Kier molecular flexibility index (Phi) is 3.52. The molecule has 0 saturated carbocycles. The lowest BCUT2D eigenvalue weighted by Gasteiger charge is -2.01. The van der Waals surface area contributed by atoms with Gasteiger partial charge in [0.1, 0.15) is 5.40 Å². The maximum atomic E-state index is 8.70. The number of thiol groups is 1. The van der Waals surface area contributed by atoms with Crippen LogP contribution in [0.1, 0.15) is 0 Å². The molecule has 1 heterocycles. The van der Waals surface area contributed by atoms with Crippen molar-refractivity contribution in [3.05, 3.63) is 24.3 Å². The average molecular weight is 254 g/mol. The lowest BCUT2D eigenvalue weighted by molar-refractivity contribution is 1.31. The normalized spacial score (nSPS) is 13.7. The molecule has 0 aliphatic rings. The summed E-state index contributed by atoms with van der Waals surface area (Å²) in [5.74, 6) is 0. The van der Waals surface area contributed by atoms with E-state index in [-0.39, 0.29) is 0 Å². The Hall–Kier alpha value is -0.700. The fourth-order valence-electron chi connectivity index (χ4n) is 1.09. The van der Waals surface area contributed by atoms with Gasteiger partial charge in [-0.3, -0.25) is 0 Å². The molecule has 0 radical (unpaired) electrons. The topological polar surface area (TPSA) is 36.7 Å². The number of hydrogen-bond acceptors (Lipinski definition) is 4. The van der Waals surface area contributed by atoms with Gasteiger partial charge >= 0.3 is 0 Å². The van der Waals surface area contributed by atoms with E-state index in [1.165, 1.54) is 4.70 Å². The van der Waals surface area contributed by atoms with Crippen LogP contribution < -0.4 is 0 Å². The maximum absolute atomic E-state index is 8.70. The first-order valence-corrected chi connectivity index (χ1v) is 8.16. The number of nitriles is 1. The molecular weight excluding hydrogens is 244 g/mol. The summed E-state index contributed by atoms with van der Waals surface area (Å²) in [4.78, 5) is 4.50. The summed E-state index contributed by atoms with van der Waals surface area (Å²) in [6.45, 7) is 0. The summed E-state index contributed by atoms with van der Waals surface area (Å²) in [5, 5.41) is 11.9. The Morgan fingerprint density at radius 2 is 2.33 bits per heavy atom. The molecule has 0 aliphatic heterocycles. The first-order valence-electron chi connectivity index (χ1n) is 4.39. The predicted octanol–water partition coefficient (Wildman–Crippen LogP) is 3.46. The molecule has 0 bridgehead atoms. The molecule has 1 aromatic heterocycles. The fraction of sp³-hybridized carbons (Fsp3) is 0.200. The smallest absolute Gasteiger partial charge is 0.151 e. The van der Waals surface area contributed by atoms with Gasteiger partial charge in [-0.1, -0.05) is 23.9 Å². The molecule has 0 saturated heterocycles. The number of para-hydroxylation sites is 1. The van der Waals surface area contributed by atoms with Crippen molar-refractivity contribution in [2.24, 2.45) is 0 Å². The molecule has 2 nitrogen and oxygen atoms in total. The Balaban J connectivity index is 2.13. The summed E-state index contributed by atoms with van der Waals surface area (Å²) in [6, 6.07) is 8.13. The fourth-order valence-corrected chi connectivity index (χ4v) is 4.38. The van der Waals surface area contributed by atoms with Crippen LogP contribution in [0, 0.1) is 10.7 Å². The van der Waals surface area contributed by atoms with Gasteiger partial charge in [0.25, 0.3) is 0 Å². The molecule has 0 spiro atoms. The molecule has 0 aliphatic carbocycles. The van der Waals surface area contributed by atoms with Crippen LogP contribution in [-0.4, -0.2) is 16.3 Å². The van der Waals surface area contributed by atoms with Gasteiger partial charge in [-0.05, 0) is 18.4 Å². The summed E-state index contributed by atoms with van der Waals surface area (Å²) in [6.07, 6.45) is 2.00.